The van der Waals surface area contributed by atoms with Crippen LogP contribution in [0.1, 0.15) is 12.0 Å². The molecule has 13 heavy (non-hydrogen) atoms. The fraction of sp³-hybridized carbons (Fsp3) is 0.400. The fourth-order valence-corrected chi connectivity index (χ4v) is 1.26. The topological polar surface area (TPSA) is 12.0 Å². The Morgan fingerprint density at radius 3 is 2.77 bits per heavy atom. The van der Waals surface area contributed by atoms with Crippen molar-refractivity contribution < 1.29 is 4.39 Å². The molecule has 0 aliphatic rings. The SMILES string of the molecule is FCCCNCc1ccccc1Cl. The van der Waals surface area contributed by atoms with Crippen LogP contribution >= 0.6 is 11.6 Å². The lowest BCUT2D eigenvalue weighted by molar-refractivity contribution is 0.459. The van der Waals surface area contributed by atoms with Gasteiger partial charge in [0.25, 0.3) is 0 Å². The van der Waals surface area contributed by atoms with Crippen LogP contribution in [0.5, 0.6) is 0 Å². The molecule has 0 aliphatic heterocycles. The van der Waals surface area contributed by atoms with Gasteiger partial charge in [-0.3, -0.25) is 4.39 Å². The van der Waals surface area contributed by atoms with Crippen molar-refractivity contribution in [3.05, 3.63) is 34.9 Å². The summed E-state index contributed by atoms with van der Waals surface area (Å²) in [6.07, 6.45) is 0.560. The maximum absolute atomic E-state index is 11.7. The van der Waals surface area contributed by atoms with Crippen LogP contribution in [0, 0.1) is 0 Å². The third-order valence-electron chi connectivity index (χ3n) is 1.76. The van der Waals surface area contributed by atoms with Gasteiger partial charge in [0.05, 0.1) is 6.67 Å². The van der Waals surface area contributed by atoms with Crippen LogP contribution in [0.2, 0.25) is 5.02 Å². The Hall–Kier alpha value is -0.600. The van der Waals surface area contributed by atoms with Gasteiger partial charge < -0.3 is 5.32 Å². The van der Waals surface area contributed by atoms with E-state index in [0.717, 1.165) is 10.6 Å². The summed E-state index contributed by atoms with van der Waals surface area (Å²) in [4.78, 5) is 0. The summed E-state index contributed by atoms with van der Waals surface area (Å²) in [5, 5.41) is 3.88. The van der Waals surface area contributed by atoms with E-state index in [-0.39, 0.29) is 6.67 Å². The zero-order valence-electron chi connectivity index (χ0n) is 7.39. The summed E-state index contributed by atoms with van der Waals surface area (Å²) in [6.45, 7) is 1.14. The van der Waals surface area contributed by atoms with Gasteiger partial charge in [0.15, 0.2) is 0 Å². The van der Waals surface area contributed by atoms with Crippen LogP contribution in [0.3, 0.4) is 0 Å². The molecule has 0 fully saturated rings. The molecule has 3 heteroatoms. The molecule has 0 saturated heterocycles. The van der Waals surface area contributed by atoms with Crippen molar-refractivity contribution in [1.82, 2.24) is 5.32 Å². The maximum Gasteiger partial charge on any atom is 0.0906 e. The highest BCUT2D eigenvalue weighted by molar-refractivity contribution is 6.31. The van der Waals surface area contributed by atoms with E-state index in [2.05, 4.69) is 5.32 Å². The van der Waals surface area contributed by atoms with Crippen molar-refractivity contribution in [3.8, 4) is 0 Å². The first-order valence-corrected chi connectivity index (χ1v) is 4.72. The zero-order chi connectivity index (χ0) is 9.52. The molecule has 1 aromatic carbocycles. The lowest BCUT2D eigenvalue weighted by Crippen LogP contribution is -2.15. The van der Waals surface area contributed by atoms with E-state index in [9.17, 15) is 4.39 Å². The second-order valence-corrected chi connectivity index (χ2v) is 3.22. The molecule has 0 aromatic heterocycles. The molecule has 0 unspecified atom stereocenters. The molecule has 1 rings (SSSR count). The smallest absolute Gasteiger partial charge is 0.0906 e. The minimum Gasteiger partial charge on any atom is -0.313 e. The minimum absolute atomic E-state index is 0.268. The number of hydrogen-bond donors (Lipinski definition) is 1. The van der Waals surface area contributed by atoms with Gasteiger partial charge in [-0.05, 0) is 24.6 Å². The highest BCUT2D eigenvalue weighted by Crippen LogP contribution is 2.13. The Labute approximate surface area is 82.9 Å². The third-order valence-corrected chi connectivity index (χ3v) is 2.13. The van der Waals surface area contributed by atoms with E-state index < -0.39 is 0 Å². The number of alkyl halides is 1. The van der Waals surface area contributed by atoms with Crippen molar-refractivity contribution in [3.63, 3.8) is 0 Å². The van der Waals surface area contributed by atoms with Gasteiger partial charge in [-0.15, -0.1) is 0 Å². The molecule has 0 spiro atoms. The first kappa shape index (κ1) is 10.5. The molecule has 0 amide bonds. The Morgan fingerprint density at radius 2 is 2.08 bits per heavy atom. The molecule has 0 aliphatic carbocycles. The highest BCUT2D eigenvalue weighted by Gasteiger charge is 1.96. The number of nitrogens with one attached hydrogen (secondary N) is 1. The standard InChI is InChI=1S/C10H13ClFN/c11-10-5-2-1-4-9(10)8-13-7-3-6-12/h1-2,4-5,13H,3,6-8H2. The van der Waals surface area contributed by atoms with E-state index >= 15 is 0 Å². The molecule has 1 N–H and O–H groups in total. The number of rotatable bonds is 5. The lowest BCUT2D eigenvalue weighted by atomic mass is 10.2. The molecule has 0 saturated carbocycles. The average Bonchev–Trinajstić information content (AvgIpc) is 2.15. The zero-order valence-corrected chi connectivity index (χ0v) is 8.15. The molecule has 0 atom stereocenters. The molecule has 72 valence electrons. The molecular formula is C10H13ClFN. The number of halogens is 2. The van der Waals surface area contributed by atoms with Crippen LogP contribution in [0.25, 0.3) is 0 Å². The van der Waals surface area contributed by atoms with Crippen molar-refractivity contribution >= 4 is 11.6 Å². The summed E-state index contributed by atoms with van der Waals surface area (Å²) in [5.41, 5.74) is 1.06. The molecule has 0 bridgehead atoms. The first-order valence-electron chi connectivity index (χ1n) is 4.34. The van der Waals surface area contributed by atoms with E-state index in [4.69, 9.17) is 11.6 Å². The Morgan fingerprint density at radius 1 is 1.31 bits per heavy atom. The Kier molecular flexibility index (Phi) is 4.79. The van der Waals surface area contributed by atoms with Gasteiger partial charge in [-0.2, -0.15) is 0 Å². The highest BCUT2D eigenvalue weighted by atomic mass is 35.5. The normalized spacial score (nSPS) is 10.3. The van der Waals surface area contributed by atoms with E-state index in [1.807, 2.05) is 24.3 Å². The van der Waals surface area contributed by atoms with E-state index in [1.165, 1.54) is 0 Å². The molecule has 0 heterocycles. The van der Waals surface area contributed by atoms with Crippen molar-refractivity contribution in [2.75, 3.05) is 13.2 Å². The summed E-state index contributed by atoms with van der Waals surface area (Å²) in [7, 11) is 0. The van der Waals surface area contributed by atoms with Crippen LogP contribution in [0.15, 0.2) is 24.3 Å². The third kappa shape index (κ3) is 3.75. The van der Waals surface area contributed by atoms with Crippen molar-refractivity contribution in [2.24, 2.45) is 0 Å². The van der Waals surface area contributed by atoms with Crippen LogP contribution in [0.4, 0.5) is 4.39 Å². The minimum atomic E-state index is -0.268. The summed E-state index contributed by atoms with van der Waals surface area (Å²) in [5.74, 6) is 0. The second kappa shape index (κ2) is 5.95. The maximum atomic E-state index is 11.7. The molecular weight excluding hydrogens is 189 g/mol. The summed E-state index contributed by atoms with van der Waals surface area (Å²) in [6, 6.07) is 7.66. The predicted molar refractivity (Wildman–Crippen MR) is 53.8 cm³/mol. The van der Waals surface area contributed by atoms with Crippen molar-refractivity contribution in [2.45, 2.75) is 13.0 Å². The van der Waals surface area contributed by atoms with Crippen molar-refractivity contribution in [1.29, 1.82) is 0 Å². The van der Waals surface area contributed by atoms with Gasteiger partial charge in [-0.25, -0.2) is 0 Å². The van der Waals surface area contributed by atoms with E-state index in [0.29, 0.717) is 19.5 Å². The van der Waals surface area contributed by atoms with Gasteiger partial charge in [-0.1, -0.05) is 29.8 Å². The van der Waals surface area contributed by atoms with Gasteiger partial charge >= 0.3 is 0 Å². The number of benzene rings is 1. The van der Waals surface area contributed by atoms with Crippen LogP contribution in [-0.4, -0.2) is 13.2 Å². The lowest BCUT2D eigenvalue weighted by Gasteiger charge is -2.04. The molecule has 1 nitrogen and oxygen atoms in total. The van der Waals surface area contributed by atoms with Gasteiger partial charge in [0, 0.05) is 11.6 Å². The van der Waals surface area contributed by atoms with Gasteiger partial charge in [0.2, 0.25) is 0 Å². The number of hydrogen-bond acceptors (Lipinski definition) is 1. The largest absolute Gasteiger partial charge is 0.313 e. The predicted octanol–water partition coefficient (Wildman–Crippen LogP) is 2.79. The molecule has 0 radical (unpaired) electrons. The first-order chi connectivity index (χ1) is 6.34. The Balaban J connectivity index is 2.32. The summed E-state index contributed by atoms with van der Waals surface area (Å²) < 4.78 is 11.7. The quantitative estimate of drug-likeness (QED) is 0.723. The Bertz CT molecular complexity index is 252. The molecule has 1 aromatic rings. The second-order valence-electron chi connectivity index (χ2n) is 2.81. The van der Waals surface area contributed by atoms with Crippen LogP contribution < -0.4 is 5.32 Å². The average molecular weight is 202 g/mol. The fourth-order valence-electron chi connectivity index (χ4n) is 1.06. The van der Waals surface area contributed by atoms with E-state index in [1.54, 1.807) is 0 Å². The summed E-state index contributed by atoms with van der Waals surface area (Å²) >= 11 is 5.92. The monoisotopic (exact) mass is 201 g/mol. The van der Waals surface area contributed by atoms with Gasteiger partial charge in [0.1, 0.15) is 0 Å². The van der Waals surface area contributed by atoms with Crippen LogP contribution in [-0.2, 0) is 6.54 Å².